The number of anilines is 1. The number of nitrogens with zero attached hydrogens (tertiary/aromatic N) is 4. The molecular weight excluding hydrogens is 286 g/mol. The summed E-state index contributed by atoms with van der Waals surface area (Å²) in [5.41, 5.74) is 4.71. The Morgan fingerprint density at radius 2 is 2.20 bits per heavy atom. The van der Waals surface area contributed by atoms with E-state index in [1.54, 1.807) is 6.08 Å². The molecule has 0 radical (unpaired) electrons. The number of aliphatic hydroxyl groups is 3. The van der Waals surface area contributed by atoms with Crippen molar-refractivity contribution in [3.05, 3.63) is 23.8 Å². The van der Waals surface area contributed by atoms with E-state index in [1.165, 1.54) is 17.0 Å². The third kappa shape index (κ3) is 1.77. The lowest BCUT2D eigenvalue weighted by Crippen LogP contribution is -2.44. The van der Waals surface area contributed by atoms with Gasteiger partial charge in [-0.2, -0.15) is 9.97 Å². The van der Waals surface area contributed by atoms with Crippen molar-refractivity contribution >= 4 is 28.6 Å². The minimum atomic E-state index is -1.69. The van der Waals surface area contributed by atoms with Crippen LogP contribution in [-0.2, 0) is 0 Å². The second-order valence-corrected chi connectivity index (χ2v) is 4.98. The number of hydrogen-bond donors (Lipinski definition) is 4. The largest absolute Gasteiger partial charge is 0.393 e. The minimum Gasteiger partial charge on any atom is -0.393 e. The zero-order chi connectivity index (χ0) is 14.5. The molecule has 106 valence electrons. The maximum Gasteiger partial charge on any atom is 0.226 e. The van der Waals surface area contributed by atoms with Gasteiger partial charge in [0.2, 0.25) is 5.28 Å². The lowest BCUT2D eigenvalue weighted by molar-refractivity contribution is -0.0737. The molecule has 9 heteroatoms. The summed E-state index contributed by atoms with van der Waals surface area (Å²) in [6, 6.07) is -0.637. The van der Waals surface area contributed by atoms with Crippen LogP contribution in [0.2, 0.25) is 5.28 Å². The van der Waals surface area contributed by atoms with Gasteiger partial charge < -0.3 is 25.6 Å². The Balaban J connectivity index is 2.11. The van der Waals surface area contributed by atoms with Gasteiger partial charge in [-0.15, -0.1) is 0 Å². The summed E-state index contributed by atoms with van der Waals surface area (Å²) >= 11 is 5.77. The highest BCUT2D eigenvalue weighted by molar-refractivity contribution is 6.28. The van der Waals surface area contributed by atoms with Crippen LogP contribution < -0.4 is 5.73 Å². The molecule has 2 heterocycles. The van der Waals surface area contributed by atoms with Gasteiger partial charge in [-0.05, 0) is 17.7 Å². The Morgan fingerprint density at radius 3 is 2.85 bits per heavy atom. The molecule has 0 aromatic carbocycles. The maximum absolute atomic E-state index is 10.1. The first-order chi connectivity index (χ1) is 9.46. The molecule has 0 saturated carbocycles. The number of aliphatic hydroxyl groups excluding tert-OH is 2. The van der Waals surface area contributed by atoms with E-state index in [-0.39, 0.29) is 11.1 Å². The number of fused-ring (bicyclic) bond motifs is 1. The van der Waals surface area contributed by atoms with Crippen molar-refractivity contribution < 1.29 is 15.3 Å². The lowest BCUT2D eigenvalue weighted by Gasteiger charge is -2.27. The highest BCUT2D eigenvalue weighted by Gasteiger charge is 2.43. The molecule has 1 aliphatic carbocycles. The topological polar surface area (TPSA) is 130 Å². The average molecular weight is 298 g/mol. The summed E-state index contributed by atoms with van der Waals surface area (Å²) in [7, 11) is 0. The van der Waals surface area contributed by atoms with Crippen LogP contribution in [0, 0.1) is 0 Å². The molecule has 0 spiro atoms. The minimum absolute atomic E-state index is 0.0364. The van der Waals surface area contributed by atoms with E-state index >= 15 is 0 Å². The Morgan fingerprint density at radius 1 is 1.45 bits per heavy atom. The van der Waals surface area contributed by atoms with Gasteiger partial charge in [-0.1, -0.05) is 6.08 Å². The molecule has 2 aromatic heterocycles. The van der Waals surface area contributed by atoms with E-state index in [9.17, 15) is 10.2 Å². The van der Waals surface area contributed by atoms with Crippen LogP contribution in [-0.4, -0.2) is 53.2 Å². The number of nitrogens with two attached hydrogens (primary N) is 1. The number of nitrogen functional groups attached to an aromatic ring is 1. The summed E-state index contributed by atoms with van der Waals surface area (Å²) in [5.74, 6) is 0.132. The van der Waals surface area contributed by atoms with Crippen molar-refractivity contribution in [1.29, 1.82) is 0 Å². The monoisotopic (exact) mass is 297 g/mol. The average Bonchev–Trinajstić information content (AvgIpc) is 2.93. The summed E-state index contributed by atoms with van der Waals surface area (Å²) in [6.45, 7) is -0.592. The smallest absolute Gasteiger partial charge is 0.226 e. The van der Waals surface area contributed by atoms with E-state index in [0.717, 1.165) is 0 Å². The quantitative estimate of drug-likeness (QED) is 0.424. The SMILES string of the molecule is Nc1nc(Cl)nc2c1ncn2[C@@H]1C=C[C@](O)(CO)[C@H]1O. The molecule has 0 saturated heterocycles. The highest BCUT2D eigenvalue weighted by atomic mass is 35.5. The van der Waals surface area contributed by atoms with Gasteiger partial charge in [0.25, 0.3) is 0 Å². The fraction of sp³-hybridized carbons (Fsp3) is 0.364. The summed E-state index contributed by atoms with van der Waals surface area (Å²) in [5, 5.41) is 29.3. The molecule has 2 aromatic rings. The van der Waals surface area contributed by atoms with Crippen molar-refractivity contribution in [3.8, 4) is 0 Å². The summed E-state index contributed by atoms with van der Waals surface area (Å²) < 4.78 is 1.52. The van der Waals surface area contributed by atoms with Crippen molar-refractivity contribution in [3.63, 3.8) is 0 Å². The first-order valence-electron chi connectivity index (χ1n) is 5.82. The molecule has 8 nitrogen and oxygen atoms in total. The maximum atomic E-state index is 10.1. The number of aromatic nitrogens is 4. The lowest BCUT2D eigenvalue weighted by atomic mass is 10.00. The van der Waals surface area contributed by atoms with Crippen molar-refractivity contribution in [2.75, 3.05) is 12.3 Å². The van der Waals surface area contributed by atoms with Gasteiger partial charge in [0.1, 0.15) is 17.2 Å². The van der Waals surface area contributed by atoms with Gasteiger partial charge in [0.15, 0.2) is 11.5 Å². The Hall–Kier alpha value is -1.74. The van der Waals surface area contributed by atoms with Gasteiger partial charge in [-0.25, -0.2) is 4.98 Å². The van der Waals surface area contributed by atoms with Gasteiger partial charge in [0, 0.05) is 0 Å². The number of hydrogen-bond acceptors (Lipinski definition) is 7. The fourth-order valence-electron chi connectivity index (χ4n) is 2.28. The molecule has 0 amide bonds. The second-order valence-electron chi connectivity index (χ2n) is 4.65. The van der Waals surface area contributed by atoms with Gasteiger partial charge >= 0.3 is 0 Å². The Labute approximate surface area is 118 Å². The summed E-state index contributed by atoms with van der Waals surface area (Å²) in [6.07, 6.45) is 3.10. The summed E-state index contributed by atoms with van der Waals surface area (Å²) in [4.78, 5) is 11.9. The van der Waals surface area contributed by atoms with Crippen LogP contribution in [0.5, 0.6) is 0 Å². The molecule has 0 fully saturated rings. The molecule has 5 N–H and O–H groups in total. The van der Waals surface area contributed by atoms with Crippen LogP contribution in [0.15, 0.2) is 18.5 Å². The number of imidazole rings is 1. The van der Waals surface area contributed by atoms with Gasteiger partial charge in [-0.3, -0.25) is 0 Å². The number of halogens is 1. The van der Waals surface area contributed by atoms with Crippen LogP contribution in [0.25, 0.3) is 11.2 Å². The third-order valence-corrected chi connectivity index (χ3v) is 3.58. The third-order valence-electron chi connectivity index (χ3n) is 3.41. The molecule has 1 aliphatic rings. The molecule has 0 bridgehead atoms. The predicted molar refractivity (Wildman–Crippen MR) is 71.0 cm³/mol. The molecule has 3 atom stereocenters. The van der Waals surface area contributed by atoms with E-state index in [4.69, 9.17) is 22.4 Å². The first-order valence-corrected chi connectivity index (χ1v) is 6.20. The van der Waals surface area contributed by atoms with Crippen LogP contribution in [0.4, 0.5) is 5.82 Å². The molecule has 20 heavy (non-hydrogen) atoms. The second kappa shape index (κ2) is 4.38. The van der Waals surface area contributed by atoms with Crippen molar-refractivity contribution in [2.45, 2.75) is 17.7 Å². The zero-order valence-corrected chi connectivity index (χ0v) is 10.9. The van der Waals surface area contributed by atoms with E-state index in [0.29, 0.717) is 11.2 Å². The zero-order valence-electron chi connectivity index (χ0n) is 10.2. The van der Waals surface area contributed by atoms with E-state index in [2.05, 4.69) is 15.0 Å². The molecular formula is C11H12ClN5O3. The number of rotatable bonds is 2. The Kier molecular flexibility index (Phi) is 2.91. The predicted octanol–water partition coefficient (Wildman–Crippen LogP) is -0.743. The van der Waals surface area contributed by atoms with Crippen molar-refractivity contribution in [2.24, 2.45) is 0 Å². The van der Waals surface area contributed by atoms with Crippen LogP contribution >= 0.6 is 11.6 Å². The normalized spacial score (nSPS) is 29.4. The molecule has 0 unspecified atom stereocenters. The first kappa shape index (κ1) is 13.3. The van der Waals surface area contributed by atoms with E-state index < -0.39 is 24.4 Å². The van der Waals surface area contributed by atoms with E-state index in [1.807, 2.05) is 0 Å². The standard InChI is InChI=1S/C11H12ClN5O3/c12-10-15-8(13)6-9(16-10)17(4-14-6)5-1-2-11(20,3-18)7(5)19/h1-2,4-5,7,18-20H,3H2,(H2,13,15,16)/t5-,7+,11+/m1/s1. The fourth-order valence-corrected chi connectivity index (χ4v) is 2.46. The highest BCUT2D eigenvalue weighted by Crippen LogP contribution is 2.33. The molecule has 0 aliphatic heterocycles. The van der Waals surface area contributed by atoms with Crippen LogP contribution in [0.1, 0.15) is 6.04 Å². The Bertz CT molecular complexity index is 703. The van der Waals surface area contributed by atoms with Gasteiger partial charge in [0.05, 0.1) is 19.0 Å². The molecule has 3 rings (SSSR count). The van der Waals surface area contributed by atoms with Crippen LogP contribution in [0.3, 0.4) is 0 Å². The van der Waals surface area contributed by atoms with Crippen molar-refractivity contribution in [1.82, 2.24) is 19.5 Å².